The number of methoxy groups -OCH3 is 1. The summed E-state index contributed by atoms with van der Waals surface area (Å²) in [6, 6.07) is 19.3. The highest BCUT2D eigenvalue weighted by molar-refractivity contribution is 9.10. The molecular formula is C27H25BrClNO3. The second-order valence-electron chi connectivity index (χ2n) is 8.33. The van der Waals surface area contributed by atoms with Gasteiger partial charge in [0.25, 0.3) is 5.91 Å². The van der Waals surface area contributed by atoms with Crippen LogP contribution in [0.15, 0.2) is 65.1 Å². The van der Waals surface area contributed by atoms with Gasteiger partial charge in [-0.15, -0.1) is 0 Å². The molecule has 33 heavy (non-hydrogen) atoms. The number of nitrogens with zero attached hydrogens (tertiary/aromatic N) is 1. The van der Waals surface area contributed by atoms with E-state index < -0.39 is 0 Å². The molecule has 0 unspecified atom stereocenters. The van der Waals surface area contributed by atoms with Gasteiger partial charge in [0.15, 0.2) is 11.5 Å². The highest BCUT2D eigenvalue weighted by Gasteiger charge is 2.32. The lowest BCUT2D eigenvalue weighted by atomic mass is 10.0. The smallest absolute Gasteiger partial charge is 0.259 e. The Bertz CT molecular complexity index is 1200. The predicted octanol–water partition coefficient (Wildman–Crippen LogP) is 7.23. The molecule has 1 amide bonds. The van der Waals surface area contributed by atoms with E-state index in [0.717, 1.165) is 26.9 Å². The summed E-state index contributed by atoms with van der Waals surface area (Å²) in [4.78, 5) is 15.1. The van der Waals surface area contributed by atoms with Crippen molar-refractivity contribution in [1.82, 2.24) is 0 Å². The van der Waals surface area contributed by atoms with Crippen LogP contribution in [0, 0.1) is 5.92 Å². The fraction of sp³-hybridized carbons (Fsp3) is 0.222. The number of halogens is 2. The van der Waals surface area contributed by atoms with Crippen LogP contribution in [0.2, 0.25) is 5.02 Å². The third-order valence-corrected chi connectivity index (χ3v) is 6.21. The van der Waals surface area contributed by atoms with Crippen molar-refractivity contribution < 1.29 is 14.3 Å². The van der Waals surface area contributed by atoms with E-state index >= 15 is 0 Å². The molecule has 3 aromatic rings. The number of hydrogen-bond acceptors (Lipinski definition) is 3. The summed E-state index contributed by atoms with van der Waals surface area (Å²) in [5, 5.41) is 0.685. The maximum absolute atomic E-state index is 13.3. The second kappa shape index (κ2) is 10.0. The number of ether oxygens (including phenoxy) is 2. The molecule has 4 rings (SSSR count). The molecule has 1 aliphatic rings. The summed E-state index contributed by atoms with van der Waals surface area (Å²) in [6.07, 6.45) is 1.91. The van der Waals surface area contributed by atoms with E-state index in [1.54, 1.807) is 7.11 Å². The Morgan fingerprint density at radius 2 is 1.82 bits per heavy atom. The first-order chi connectivity index (χ1) is 15.9. The Morgan fingerprint density at radius 3 is 2.52 bits per heavy atom. The van der Waals surface area contributed by atoms with Crippen LogP contribution >= 0.6 is 27.5 Å². The van der Waals surface area contributed by atoms with Gasteiger partial charge in [-0.25, -0.2) is 0 Å². The molecule has 1 heterocycles. The van der Waals surface area contributed by atoms with Crippen LogP contribution in [0.4, 0.5) is 5.69 Å². The summed E-state index contributed by atoms with van der Waals surface area (Å²) in [7, 11) is 1.61. The molecule has 0 saturated heterocycles. The molecule has 1 aliphatic heterocycles. The molecule has 0 fully saturated rings. The molecule has 4 nitrogen and oxygen atoms in total. The average Bonchev–Trinajstić information content (AvgIpc) is 3.04. The van der Waals surface area contributed by atoms with Crippen LogP contribution in [-0.4, -0.2) is 19.6 Å². The van der Waals surface area contributed by atoms with Crippen molar-refractivity contribution >= 4 is 50.8 Å². The predicted molar refractivity (Wildman–Crippen MR) is 138 cm³/mol. The van der Waals surface area contributed by atoms with Gasteiger partial charge >= 0.3 is 0 Å². The molecule has 0 bridgehead atoms. The van der Waals surface area contributed by atoms with E-state index in [-0.39, 0.29) is 5.91 Å². The fourth-order valence-corrected chi connectivity index (χ4v) is 4.56. The fourth-order valence-electron chi connectivity index (χ4n) is 3.86. The maximum Gasteiger partial charge on any atom is 0.259 e. The monoisotopic (exact) mass is 525 g/mol. The lowest BCUT2D eigenvalue weighted by Crippen LogP contribution is -2.30. The molecule has 0 aliphatic carbocycles. The molecule has 3 aromatic carbocycles. The van der Waals surface area contributed by atoms with Crippen LogP contribution in [0.25, 0.3) is 11.6 Å². The van der Waals surface area contributed by atoms with Crippen LogP contribution in [0.5, 0.6) is 11.5 Å². The largest absolute Gasteiger partial charge is 0.493 e. The molecule has 0 radical (unpaired) electrons. The lowest BCUT2D eigenvalue weighted by Gasteiger charge is -2.19. The zero-order valence-corrected chi connectivity index (χ0v) is 21.1. The minimum atomic E-state index is 0.0167. The van der Waals surface area contributed by atoms with Crippen LogP contribution < -0.4 is 14.4 Å². The summed E-state index contributed by atoms with van der Waals surface area (Å²) in [6.45, 7) is 5.28. The third kappa shape index (κ3) is 5.10. The summed E-state index contributed by atoms with van der Waals surface area (Å²) in [5.74, 6) is 1.58. The van der Waals surface area contributed by atoms with Crippen molar-refractivity contribution in [3.05, 3.63) is 86.8 Å². The van der Waals surface area contributed by atoms with Gasteiger partial charge in [-0.3, -0.25) is 4.79 Å². The number of para-hydroxylation sites is 1. The first-order valence-corrected chi connectivity index (χ1v) is 11.9. The van der Waals surface area contributed by atoms with Crippen molar-refractivity contribution in [2.24, 2.45) is 5.92 Å². The first kappa shape index (κ1) is 23.4. The first-order valence-electron chi connectivity index (χ1n) is 10.7. The number of amides is 1. The van der Waals surface area contributed by atoms with Crippen LogP contribution in [-0.2, 0) is 11.4 Å². The minimum absolute atomic E-state index is 0.0167. The van der Waals surface area contributed by atoms with Crippen molar-refractivity contribution in [2.45, 2.75) is 20.5 Å². The zero-order chi connectivity index (χ0) is 23.5. The Kier molecular flexibility index (Phi) is 7.11. The molecule has 0 N–H and O–H groups in total. The molecule has 170 valence electrons. The minimum Gasteiger partial charge on any atom is -0.493 e. The quantitative estimate of drug-likeness (QED) is 0.305. The van der Waals surface area contributed by atoms with Gasteiger partial charge < -0.3 is 14.4 Å². The summed E-state index contributed by atoms with van der Waals surface area (Å²) in [5.41, 5.74) is 4.42. The van der Waals surface area contributed by atoms with Gasteiger partial charge in [-0.05, 0) is 69.4 Å². The SMILES string of the molecule is COc1cc(/C=C2\C(=O)N(CC(C)C)c3ccccc32)cc(Br)c1OCc1ccc(Cl)cc1. The standard InChI is InChI=1S/C27H25BrClNO3/c1-17(2)15-30-24-7-5-4-6-21(24)22(27(30)31)12-19-13-23(28)26(25(14-19)32-3)33-16-18-8-10-20(29)11-9-18/h4-14,17H,15-16H2,1-3H3/b22-12-. The van der Waals surface area contributed by atoms with Gasteiger partial charge in [-0.2, -0.15) is 0 Å². The molecule has 6 heteroatoms. The van der Waals surface area contributed by atoms with Crippen molar-refractivity contribution in [3.8, 4) is 11.5 Å². The van der Waals surface area contributed by atoms with Gasteiger partial charge in [0, 0.05) is 22.7 Å². The Labute approximate surface area is 207 Å². The average molecular weight is 527 g/mol. The molecule has 0 aromatic heterocycles. The Balaban J connectivity index is 1.65. The zero-order valence-electron chi connectivity index (χ0n) is 18.8. The highest BCUT2D eigenvalue weighted by atomic mass is 79.9. The number of rotatable bonds is 7. The third-order valence-electron chi connectivity index (χ3n) is 5.37. The van der Waals surface area contributed by atoms with E-state index in [1.165, 1.54) is 0 Å². The second-order valence-corrected chi connectivity index (χ2v) is 9.62. The molecule has 0 atom stereocenters. The number of carbonyl (C=O) groups excluding carboxylic acids is 1. The van der Waals surface area contributed by atoms with Crippen molar-refractivity contribution in [3.63, 3.8) is 0 Å². The number of fused-ring (bicyclic) bond motifs is 1. The Morgan fingerprint density at radius 1 is 1.09 bits per heavy atom. The number of anilines is 1. The number of hydrogen-bond donors (Lipinski definition) is 0. The van der Waals surface area contributed by atoms with Gasteiger partial charge in [0.1, 0.15) is 6.61 Å². The summed E-state index contributed by atoms with van der Waals surface area (Å²) < 4.78 is 12.4. The van der Waals surface area contributed by atoms with Crippen LogP contribution in [0.3, 0.4) is 0 Å². The van der Waals surface area contributed by atoms with E-state index in [4.69, 9.17) is 21.1 Å². The van der Waals surface area contributed by atoms with E-state index in [9.17, 15) is 4.79 Å². The molecule has 0 spiro atoms. The number of carbonyl (C=O) groups is 1. The lowest BCUT2D eigenvalue weighted by molar-refractivity contribution is -0.113. The Hall–Kier alpha value is -2.76. The van der Waals surface area contributed by atoms with E-state index in [0.29, 0.717) is 41.2 Å². The van der Waals surface area contributed by atoms with E-state index in [1.807, 2.05) is 71.6 Å². The van der Waals surface area contributed by atoms with Gasteiger partial charge in [0.2, 0.25) is 0 Å². The normalized spacial score (nSPS) is 14.2. The van der Waals surface area contributed by atoms with Gasteiger partial charge in [-0.1, -0.05) is 55.8 Å². The summed E-state index contributed by atoms with van der Waals surface area (Å²) >= 11 is 9.58. The van der Waals surface area contributed by atoms with Crippen LogP contribution in [0.1, 0.15) is 30.5 Å². The number of benzene rings is 3. The highest BCUT2D eigenvalue weighted by Crippen LogP contribution is 2.41. The maximum atomic E-state index is 13.3. The van der Waals surface area contributed by atoms with Crippen molar-refractivity contribution in [2.75, 3.05) is 18.6 Å². The van der Waals surface area contributed by atoms with Gasteiger partial charge in [0.05, 0.1) is 17.3 Å². The van der Waals surface area contributed by atoms with E-state index in [2.05, 4.69) is 29.8 Å². The molecule has 0 saturated carbocycles. The topological polar surface area (TPSA) is 38.8 Å². The molecular weight excluding hydrogens is 502 g/mol. The van der Waals surface area contributed by atoms with Crippen molar-refractivity contribution in [1.29, 1.82) is 0 Å².